The van der Waals surface area contributed by atoms with Crippen LogP contribution in [-0.4, -0.2) is 27.0 Å². The van der Waals surface area contributed by atoms with Crippen molar-refractivity contribution in [2.75, 3.05) is 0 Å². The molecule has 3 aliphatic heterocycles. The molecule has 436 valence electrons. The van der Waals surface area contributed by atoms with Gasteiger partial charge < -0.3 is 8.96 Å². The number of amidine groups is 2. The molecule has 0 spiro atoms. The normalized spacial score (nSPS) is 13.4. The van der Waals surface area contributed by atoms with E-state index >= 15 is 0 Å². The van der Waals surface area contributed by atoms with E-state index < -0.39 is 6.40 Å². The summed E-state index contributed by atoms with van der Waals surface area (Å²) in [6, 6.07) is 15.2. The molecule has 0 radical (unpaired) electrons. The van der Waals surface area contributed by atoms with Gasteiger partial charge in [-0.3, -0.25) is 0 Å². The number of aryl methyl sites for hydroxylation is 6. The van der Waals surface area contributed by atoms with Crippen LogP contribution in [0.3, 0.4) is 0 Å². The summed E-state index contributed by atoms with van der Waals surface area (Å²) in [5.41, 5.74) is 13.0. The van der Waals surface area contributed by atoms with Crippen LogP contribution in [0, 0.1) is 0 Å². The van der Waals surface area contributed by atoms with Gasteiger partial charge in [-0.2, -0.15) is 0 Å². The van der Waals surface area contributed by atoms with Crippen LogP contribution in [-0.2, 0) is 38.5 Å². The first kappa shape index (κ1) is 62.1. The van der Waals surface area contributed by atoms with Crippen molar-refractivity contribution >= 4 is 62.7 Å². The van der Waals surface area contributed by atoms with Crippen LogP contribution in [0.5, 0.6) is 0 Å². The second-order valence-electron chi connectivity index (χ2n) is 25.0. The monoisotopic (exact) mass is 1100 g/mol. The highest BCUT2D eigenvalue weighted by Crippen LogP contribution is 2.44. The van der Waals surface area contributed by atoms with Gasteiger partial charge in [-0.15, -0.1) is 11.5 Å². The number of rotatable bonds is 42. The lowest BCUT2D eigenvalue weighted by molar-refractivity contribution is 0.599. The van der Waals surface area contributed by atoms with Gasteiger partial charge in [-0.05, 0) is 147 Å². The molecule has 4 bridgehead atoms. The fourth-order valence-corrected chi connectivity index (χ4v) is 13.9. The van der Waals surface area contributed by atoms with Crippen molar-refractivity contribution in [3.8, 4) is 0 Å². The van der Waals surface area contributed by atoms with Gasteiger partial charge in [-0.25, -0.2) is 20.0 Å². The van der Waals surface area contributed by atoms with E-state index in [9.17, 15) is 0 Å². The molecular formula is C72H108BClN6. The Bertz CT molecular complexity index is 2920. The number of hydrogen-bond acceptors (Lipinski definition) is 4. The van der Waals surface area contributed by atoms with E-state index in [0.29, 0.717) is 0 Å². The Morgan fingerprint density at radius 2 is 0.550 bits per heavy atom. The molecule has 8 heteroatoms. The summed E-state index contributed by atoms with van der Waals surface area (Å²) in [4.78, 5) is 23.0. The number of halogens is 1. The van der Waals surface area contributed by atoms with Crippen LogP contribution in [0.4, 0.5) is 11.6 Å². The first-order chi connectivity index (χ1) is 39.4. The summed E-state index contributed by atoms with van der Waals surface area (Å²) in [7, 11) is 0. The summed E-state index contributed by atoms with van der Waals surface area (Å²) in [6.07, 6.45) is 52.6. The quantitative estimate of drug-likeness (QED) is 0.0276. The highest BCUT2D eigenvalue weighted by atomic mass is 35.5. The molecule has 0 amide bonds. The van der Waals surface area contributed by atoms with Crippen molar-refractivity contribution in [3.63, 3.8) is 0 Å². The number of unbranched alkanes of at least 4 members (excludes halogenated alkanes) is 30. The Morgan fingerprint density at radius 1 is 0.287 bits per heavy atom. The molecule has 0 N–H and O–H groups in total. The SMILES string of the molecule is CCCCCCCCc1cc2c(cc1CCCCCCCC)C1=Nc3c4cc(CCCCCCCC)c(CCCCCCCC)cc4c4n3B(Cl)n3c(c5cc(CCCCCCCC)c(CCCCCCCC)cc5c3=N4)=NC2=N1. The molecule has 2 aromatic heterocycles. The molecule has 3 aliphatic rings. The minimum atomic E-state index is -0.601. The number of aromatic nitrogens is 2. The zero-order valence-electron chi connectivity index (χ0n) is 51.8. The van der Waals surface area contributed by atoms with Gasteiger partial charge in [0.2, 0.25) is 0 Å². The number of nitrogens with zero attached hydrogens (tertiary/aromatic N) is 6. The van der Waals surface area contributed by atoms with E-state index in [1.807, 2.05) is 0 Å². The lowest BCUT2D eigenvalue weighted by Gasteiger charge is -2.18. The molecule has 5 heterocycles. The summed E-state index contributed by atoms with van der Waals surface area (Å²) in [6.45, 7) is 13.9. The Labute approximate surface area is 492 Å². The number of benzene rings is 3. The van der Waals surface area contributed by atoms with Crippen molar-refractivity contribution in [3.05, 3.63) is 91.9 Å². The fraction of sp³-hybridized carbons (Fsp3) is 0.667. The average molecular weight is 1100 g/mol. The lowest BCUT2D eigenvalue weighted by atomic mass is 9.91. The van der Waals surface area contributed by atoms with Gasteiger partial charge >= 0.3 is 6.40 Å². The highest BCUT2D eigenvalue weighted by Gasteiger charge is 2.37. The molecule has 0 atom stereocenters. The Kier molecular flexibility index (Phi) is 25.9. The van der Waals surface area contributed by atoms with E-state index in [0.717, 1.165) is 94.7 Å². The van der Waals surface area contributed by atoms with Gasteiger partial charge in [0, 0.05) is 32.7 Å². The predicted octanol–water partition coefficient (Wildman–Crippen LogP) is 21.4. The topological polar surface area (TPSA) is 59.3 Å². The van der Waals surface area contributed by atoms with E-state index in [1.54, 1.807) is 0 Å². The summed E-state index contributed by atoms with van der Waals surface area (Å²) < 4.78 is 4.54. The molecule has 8 rings (SSSR count). The fourth-order valence-electron chi connectivity index (χ4n) is 13.5. The molecule has 5 aromatic rings. The standard InChI is InChI=1S/C72H108BClN6/c1-7-13-19-25-31-37-43-55-49-61-62(50-56(55)44-38-32-26-20-14-8-2)68-75-67(61)76-69-63-51-57(45-39-33-27-21-15-9-3)59(47-41-35-29-23-17-11-5)53-65(63)71-78-72-66-54-60(48-42-36-30-24-18-12-6)58(46-40-34-28-22-16-10-4)52-64(66)70(77-68)80(72)73(74)79(69)71/h49-54H,7-48H2,1-6H3. The van der Waals surface area contributed by atoms with Gasteiger partial charge in [0.1, 0.15) is 22.6 Å². The van der Waals surface area contributed by atoms with Crippen LogP contribution in [0.15, 0.2) is 56.4 Å². The maximum atomic E-state index is 8.18. The maximum absolute atomic E-state index is 8.18. The molecule has 0 unspecified atom stereocenters. The molecule has 0 saturated carbocycles. The first-order valence-corrected chi connectivity index (χ1v) is 34.7. The molecular weight excluding hydrogens is 995 g/mol. The lowest BCUT2D eigenvalue weighted by Crippen LogP contribution is -2.44. The van der Waals surface area contributed by atoms with Crippen molar-refractivity contribution in [2.45, 2.75) is 311 Å². The summed E-state index contributed by atoms with van der Waals surface area (Å²) in [5.74, 6) is 3.36. The van der Waals surface area contributed by atoms with Crippen LogP contribution in [0.1, 0.15) is 317 Å². The van der Waals surface area contributed by atoms with Crippen molar-refractivity contribution < 1.29 is 0 Å². The van der Waals surface area contributed by atoms with E-state index in [4.69, 9.17) is 31.4 Å². The third kappa shape index (κ3) is 16.2. The average Bonchev–Trinajstić information content (AvgIpc) is 4.28. The Balaban J connectivity index is 1.32. The minimum Gasteiger partial charge on any atom is -0.319 e. The molecule has 3 aromatic carbocycles. The van der Waals surface area contributed by atoms with E-state index in [2.05, 4.69) is 86.9 Å². The van der Waals surface area contributed by atoms with Gasteiger partial charge in [-0.1, -0.05) is 234 Å². The zero-order chi connectivity index (χ0) is 55.9. The largest absolute Gasteiger partial charge is 0.499 e. The van der Waals surface area contributed by atoms with Gasteiger partial charge in [0.15, 0.2) is 11.7 Å². The number of aliphatic imine (C=N–C) groups is 2. The first-order valence-electron chi connectivity index (χ1n) is 34.2. The van der Waals surface area contributed by atoms with Crippen molar-refractivity contribution in [2.24, 2.45) is 20.0 Å². The Hall–Kier alpha value is -3.97. The molecule has 6 nitrogen and oxygen atoms in total. The third-order valence-corrected chi connectivity index (χ3v) is 18.8. The van der Waals surface area contributed by atoms with Crippen molar-refractivity contribution in [1.82, 2.24) is 8.96 Å². The van der Waals surface area contributed by atoms with Gasteiger partial charge in [0.05, 0.1) is 0 Å². The smallest absolute Gasteiger partial charge is 0.319 e. The van der Waals surface area contributed by atoms with Crippen molar-refractivity contribution in [1.29, 1.82) is 0 Å². The zero-order valence-corrected chi connectivity index (χ0v) is 52.6. The highest BCUT2D eigenvalue weighted by molar-refractivity contribution is 7.05. The van der Waals surface area contributed by atoms with Crippen LogP contribution >= 0.6 is 11.5 Å². The number of fused-ring (bicyclic) bond motifs is 10. The third-order valence-electron chi connectivity index (χ3n) is 18.4. The summed E-state index contributed by atoms with van der Waals surface area (Å²) >= 11 is 8.18. The van der Waals surface area contributed by atoms with E-state index in [-0.39, 0.29) is 0 Å². The molecule has 0 saturated heterocycles. The molecule has 80 heavy (non-hydrogen) atoms. The Morgan fingerprint density at radius 3 is 0.887 bits per heavy atom. The van der Waals surface area contributed by atoms with Crippen LogP contribution < -0.4 is 11.0 Å². The van der Waals surface area contributed by atoms with Crippen LogP contribution in [0.25, 0.3) is 21.5 Å². The number of hydrogen-bond donors (Lipinski definition) is 0. The predicted molar refractivity (Wildman–Crippen MR) is 350 cm³/mol. The second-order valence-corrected chi connectivity index (χ2v) is 25.4. The van der Waals surface area contributed by atoms with Gasteiger partial charge in [0.25, 0.3) is 0 Å². The molecule has 0 fully saturated rings. The summed E-state index contributed by atoms with van der Waals surface area (Å²) in [5, 5.41) is 4.67. The maximum Gasteiger partial charge on any atom is 0.499 e. The second kappa shape index (κ2) is 33.4. The van der Waals surface area contributed by atoms with Crippen LogP contribution in [0.2, 0.25) is 0 Å². The van der Waals surface area contributed by atoms with E-state index in [1.165, 1.54) is 275 Å². The molecule has 0 aliphatic carbocycles. The minimum absolute atomic E-state index is 0.601.